The quantitative estimate of drug-likeness (QED) is 0.529. The minimum absolute atomic E-state index is 0.240. The highest BCUT2D eigenvalue weighted by molar-refractivity contribution is 6.31. The molecule has 0 bridgehead atoms. The Hall–Kier alpha value is -2.31. The first kappa shape index (κ1) is 23.0. The Morgan fingerprint density at radius 2 is 1.83 bits per heavy atom. The fraction of sp³-hybridized carbons (Fsp3) is 0.409. The minimum atomic E-state index is -0.890. The molecular formula is C22H27ClFNO4. The molecule has 5 nitrogen and oxygen atoms in total. The van der Waals surface area contributed by atoms with E-state index in [1.165, 1.54) is 12.1 Å². The lowest BCUT2D eigenvalue weighted by molar-refractivity contribution is -0.140. The minimum Gasteiger partial charge on any atom is -0.490 e. The van der Waals surface area contributed by atoms with Crippen LogP contribution >= 0.6 is 11.6 Å². The molecule has 2 aromatic carbocycles. The van der Waals surface area contributed by atoms with E-state index in [-0.39, 0.29) is 18.3 Å². The van der Waals surface area contributed by atoms with Crippen LogP contribution in [0.5, 0.6) is 11.5 Å². The first-order chi connectivity index (χ1) is 13.8. The third kappa shape index (κ3) is 7.22. The molecule has 2 aromatic rings. The van der Waals surface area contributed by atoms with Gasteiger partial charge in [-0.05, 0) is 48.6 Å². The first-order valence-electron chi connectivity index (χ1n) is 9.58. The molecule has 2 N–H and O–H groups in total. The lowest BCUT2D eigenvalue weighted by Gasteiger charge is -2.18. The van der Waals surface area contributed by atoms with E-state index in [1.807, 2.05) is 20.8 Å². The van der Waals surface area contributed by atoms with Gasteiger partial charge in [-0.1, -0.05) is 37.6 Å². The molecule has 7 heteroatoms. The summed E-state index contributed by atoms with van der Waals surface area (Å²) in [5, 5.41) is 12.9. The highest BCUT2D eigenvalue weighted by Gasteiger charge is 2.19. The summed E-state index contributed by atoms with van der Waals surface area (Å²) in [6.45, 7) is 6.78. The second-order valence-corrected chi connectivity index (χ2v) is 7.55. The van der Waals surface area contributed by atoms with Crippen LogP contribution in [-0.2, 0) is 17.9 Å². The maximum Gasteiger partial charge on any atom is 0.320 e. The third-order valence-electron chi connectivity index (χ3n) is 4.26. The maximum atomic E-state index is 13.0. The molecule has 0 saturated carbocycles. The number of halogens is 2. The van der Waals surface area contributed by atoms with Crippen LogP contribution in [0, 0.1) is 11.7 Å². The third-order valence-corrected chi connectivity index (χ3v) is 4.62. The number of carboxylic acid groups (broad SMARTS) is 1. The van der Waals surface area contributed by atoms with Gasteiger partial charge in [-0.3, -0.25) is 4.79 Å². The van der Waals surface area contributed by atoms with Gasteiger partial charge in [0, 0.05) is 17.6 Å². The number of ether oxygens (including phenoxy) is 2. The SMILES string of the molecule is CCOc1cc(CNC(CC(C)C)C(=O)O)c(Cl)cc1OCc1ccc(F)cc1. The lowest BCUT2D eigenvalue weighted by atomic mass is 10.0. The van der Waals surface area contributed by atoms with Gasteiger partial charge in [-0.2, -0.15) is 0 Å². The summed E-state index contributed by atoms with van der Waals surface area (Å²) in [5.74, 6) is 0.0496. The van der Waals surface area contributed by atoms with Crippen molar-refractivity contribution in [2.75, 3.05) is 6.61 Å². The molecule has 0 aliphatic carbocycles. The molecule has 0 fully saturated rings. The molecule has 1 atom stereocenters. The molecule has 2 rings (SSSR count). The number of hydrogen-bond acceptors (Lipinski definition) is 4. The van der Waals surface area contributed by atoms with E-state index in [2.05, 4.69) is 5.32 Å². The van der Waals surface area contributed by atoms with E-state index in [0.717, 1.165) is 11.1 Å². The number of benzene rings is 2. The van der Waals surface area contributed by atoms with Gasteiger partial charge in [0.2, 0.25) is 0 Å². The van der Waals surface area contributed by atoms with Crippen molar-refractivity contribution in [2.45, 2.75) is 46.4 Å². The van der Waals surface area contributed by atoms with E-state index in [0.29, 0.717) is 36.1 Å². The molecule has 158 valence electrons. The summed E-state index contributed by atoms with van der Waals surface area (Å²) in [7, 11) is 0. The summed E-state index contributed by atoms with van der Waals surface area (Å²) >= 11 is 6.40. The Balaban J connectivity index is 2.13. The van der Waals surface area contributed by atoms with Gasteiger partial charge in [0.25, 0.3) is 0 Å². The van der Waals surface area contributed by atoms with Crippen LogP contribution in [0.4, 0.5) is 4.39 Å². The van der Waals surface area contributed by atoms with Crippen molar-refractivity contribution in [3.05, 3.63) is 58.4 Å². The molecule has 0 aromatic heterocycles. The van der Waals surface area contributed by atoms with Gasteiger partial charge in [-0.15, -0.1) is 0 Å². The summed E-state index contributed by atoms with van der Waals surface area (Å²) in [5.41, 5.74) is 1.54. The van der Waals surface area contributed by atoms with E-state index in [9.17, 15) is 14.3 Å². The van der Waals surface area contributed by atoms with Gasteiger partial charge in [0.1, 0.15) is 18.5 Å². The van der Waals surface area contributed by atoms with Crippen LogP contribution in [0.3, 0.4) is 0 Å². The van der Waals surface area contributed by atoms with Crippen molar-refractivity contribution in [2.24, 2.45) is 5.92 Å². The largest absolute Gasteiger partial charge is 0.490 e. The predicted molar refractivity (Wildman–Crippen MR) is 111 cm³/mol. The molecule has 0 saturated heterocycles. The molecule has 0 spiro atoms. The van der Waals surface area contributed by atoms with Crippen LogP contribution in [0.2, 0.25) is 5.02 Å². The summed E-state index contributed by atoms with van der Waals surface area (Å²) in [6.07, 6.45) is 0.518. The summed E-state index contributed by atoms with van der Waals surface area (Å²) in [4.78, 5) is 11.4. The molecular weight excluding hydrogens is 397 g/mol. The van der Waals surface area contributed by atoms with Crippen LogP contribution in [0.25, 0.3) is 0 Å². The number of rotatable bonds is 11. The van der Waals surface area contributed by atoms with Crippen molar-refractivity contribution in [3.63, 3.8) is 0 Å². The van der Waals surface area contributed by atoms with Gasteiger partial charge >= 0.3 is 5.97 Å². The second kappa shape index (κ2) is 11.0. The molecule has 0 amide bonds. The molecule has 1 unspecified atom stereocenters. The van der Waals surface area contributed by atoms with Crippen molar-refractivity contribution < 1.29 is 23.8 Å². The number of carboxylic acids is 1. The fourth-order valence-electron chi connectivity index (χ4n) is 2.81. The highest BCUT2D eigenvalue weighted by Crippen LogP contribution is 2.34. The van der Waals surface area contributed by atoms with Crippen molar-refractivity contribution in [3.8, 4) is 11.5 Å². The van der Waals surface area contributed by atoms with E-state index < -0.39 is 12.0 Å². The average molecular weight is 424 g/mol. The Labute approximate surface area is 175 Å². The van der Waals surface area contributed by atoms with Crippen LogP contribution in [0.15, 0.2) is 36.4 Å². The van der Waals surface area contributed by atoms with Crippen molar-refractivity contribution in [1.82, 2.24) is 5.32 Å². The normalized spacial score (nSPS) is 12.1. The number of carbonyl (C=O) groups is 1. The maximum absolute atomic E-state index is 13.0. The Morgan fingerprint density at radius 1 is 1.17 bits per heavy atom. The van der Waals surface area contributed by atoms with E-state index >= 15 is 0 Å². The van der Waals surface area contributed by atoms with Gasteiger partial charge in [0.15, 0.2) is 11.5 Å². The second-order valence-electron chi connectivity index (χ2n) is 7.14. The first-order valence-corrected chi connectivity index (χ1v) is 9.96. The molecule has 0 aliphatic rings. The molecule has 0 aliphatic heterocycles. The van der Waals surface area contributed by atoms with Crippen molar-refractivity contribution >= 4 is 17.6 Å². The van der Waals surface area contributed by atoms with E-state index in [1.54, 1.807) is 24.3 Å². The van der Waals surface area contributed by atoms with Crippen LogP contribution in [-0.4, -0.2) is 23.7 Å². The van der Waals surface area contributed by atoms with Crippen LogP contribution in [0.1, 0.15) is 38.3 Å². The predicted octanol–water partition coefficient (Wildman–Crippen LogP) is 5.05. The lowest BCUT2D eigenvalue weighted by Crippen LogP contribution is -2.37. The topological polar surface area (TPSA) is 67.8 Å². The monoisotopic (exact) mass is 423 g/mol. The Morgan fingerprint density at radius 3 is 2.41 bits per heavy atom. The fourth-order valence-corrected chi connectivity index (χ4v) is 3.03. The van der Waals surface area contributed by atoms with Crippen molar-refractivity contribution in [1.29, 1.82) is 0 Å². The zero-order valence-electron chi connectivity index (χ0n) is 16.9. The average Bonchev–Trinajstić information content (AvgIpc) is 2.66. The number of nitrogens with one attached hydrogen (secondary N) is 1. The molecule has 0 radical (unpaired) electrons. The standard InChI is InChI=1S/C22H27ClFNO4/c1-4-28-20-10-16(12-25-19(22(26)27)9-14(2)3)18(23)11-21(20)29-13-15-5-7-17(24)8-6-15/h5-8,10-11,14,19,25H,4,9,12-13H2,1-3H3,(H,26,27). The van der Waals surface area contributed by atoms with Gasteiger partial charge in [-0.25, -0.2) is 4.39 Å². The summed E-state index contributed by atoms with van der Waals surface area (Å²) < 4.78 is 24.5. The van der Waals surface area contributed by atoms with Crippen LogP contribution < -0.4 is 14.8 Å². The smallest absolute Gasteiger partial charge is 0.320 e. The Bertz CT molecular complexity index is 811. The molecule has 0 heterocycles. The van der Waals surface area contributed by atoms with E-state index in [4.69, 9.17) is 21.1 Å². The van der Waals surface area contributed by atoms with Gasteiger partial charge in [0.05, 0.1) is 6.61 Å². The highest BCUT2D eigenvalue weighted by atomic mass is 35.5. The molecule has 29 heavy (non-hydrogen) atoms. The number of aliphatic carboxylic acids is 1. The zero-order chi connectivity index (χ0) is 21.4. The zero-order valence-corrected chi connectivity index (χ0v) is 17.6. The Kier molecular flexibility index (Phi) is 8.73. The number of hydrogen-bond donors (Lipinski definition) is 2. The summed E-state index contributed by atoms with van der Waals surface area (Å²) in [6, 6.07) is 8.81. The van der Waals surface area contributed by atoms with Gasteiger partial charge < -0.3 is 19.9 Å².